The van der Waals surface area contributed by atoms with Crippen LogP contribution in [0.3, 0.4) is 0 Å². The smallest absolute Gasteiger partial charge is 0.238 e. The van der Waals surface area contributed by atoms with E-state index in [9.17, 15) is 0 Å². The van der Waals surface area contributed by atoms with Gasteiger partial charge in [-0.2, -0.15) is 9.97 Å². The highest BCUT2D eigenvalue weighted by Crippen LogP contribution is 2.36. The molecule has 0 saturated heterocycles. The summed E-state index contributed by atoms with van der Waals surface area (Å²) in [7, 11) is 55.8. The minimum atomic E-state index is 0.206. The summed E-state index contributed by atoms with van der Waals surface area (Å²) in [5.41, 5.74) is 10.8. The first kappa shape index (κ1) is 39.7. The molecule has 3 heterocycles. The SMILES string of the molecule is [B]c1cc([B])c2c(c1[B])c1c([B])c3c(c([B])c1n2-c1ccccc1)c1c([B])c([B])cc([B])c1n3-c1nc(-c2ccc(-c3ccccc3)cc2)nc(-c2cccc(-c3ccccc3)c2)n1. The van der Waals surface area contributed by atoms with Crippen LogP contribution < -0.4 is 43.7 Å². The van der Waals surface area contributed by atoms with E-state index >= 15 is 0 Å². The van der Waals surface area contributed by atoms with E-state index in [2.05, 4.69) is 36.4 Å². The molecule has 5 nitrogen and oxygen atoms in total. The van der Waals surface area contributed by atoms with Gasteiger partial charge in [-0.25, -0.2) is 4.98 Å². The predicted molar refractivity (Wildman–Crippen MR) is 273 cm³/mol. The Balaban J connectivity index is 1.28. The first-order chi connectivity index (χ1) is 31.1. The van der Waals surface area contributed by atoms with E-state index in [0.717, 1.165) is 39.1 Å². The second-order valence-corrected chi connectivity index (χ2v) is 15.8. The fraction of sp³-hybridized carbons (Fsp3) is 0. The van der Waals surface area contributed by atoms with Crippen molar-refractivity contribution in [1.82, 2.24) is 24.1 Å². The lowest BCUT2D eigenvalue weighted by Crippen LogP contribution is -2.31. The van der Waals surface area contributed by atoms with Gasteiger partial charge < -0.3 is 4.57 Å². The van der Waals surface area contributed by atoms with E-state index < -0.39 is 0 Å². The molecule has 0 aliphatic carbocycles. The first-order valence-corrected chi connectivity index (χ1v) is 20.5. The molecule has 16 radical (unpaired) electrons. The summed E-state index contributed by atoms with van der Waals surface area (Å²) >= 11 is 0. The van der Waals surface area contributed by atoms with Crippen LogP contribution in [0.25, 0.3) is 100 Å². The summed E-state index contributed by atoms with van der Waals surface area (Å²) in [5, 5.41) is 2.03. The fourth-order valence-corrected chi connectivity index (χ4v) is 9.07. The van der Waals surface area contributed by atoms with Crippen molar-refractivity contribution in [3.8, 4) is 56.7 Å². The van der Waals surface area contributed by atoms with E-state index in [4.69, 9.17) is 77.7 Å². The molecule has 0 atom stereocenters. The number of hydrogen-bond acceptors (Lipinski definition) is 3. The van der Waals surface area contributed by atoms with Crippen molar-refractivity contribution in [2.24, 2.45) is 0 Å². The molecule has 0 bridgehead atoms. The van der Waals surface area contributed by atoms with Crippen molar-refractivity contribution in [3.63, 3.8) is 0 Å². The quantitative estimate of drug-likeness (QED) is 0.244. The van der Waals surface area contributed by atoms with E-state index in [1.165, 1.54) is 0 Å². The molecule has 0 unspecified atom stereocenters. The van der Waals surface area contributed by atoms with Gasteiger partial charge in [0.15, 0.2) is 11.6 Å². The van der Waals surface area contributed by atoms with E-state index in [0.29, 0.717) is 82.6 Å². The Kier molecular flexibility index (Phi) is 9.50. The monoisotopic (exact) mass is 795 g/mol. The zero-order valence-corrected chi connectivity index (χ0v) is 34.3. The van der Waals surface area contributed by atoms with Gasteiger partial charge in [0, 0.05) is 44.1 Å². The Labute approximate surface area is 380 Å². The Morgan fingerprint density at radius 2 is 0.703 bits per heavy atom. The Bertz CT molecular complexity index is 3690. The number of aromatic nitrogens is 5. The minimum Gasteiger partial charge on any atom is -0.310 e. The van der Waals surface area contributed by atoms with Gasteiger partial charge in [0.1, 0.15) is 62.8 Å². The summed E-state index contributed by atoms with van der Waals surface area (Å²) in [6.07, 6.45) is 0. The lowest BCUT2D eigenvalue weighted by atomic mass is 9.72. The highest BCUT2D eigenvalue weighted by atomic mass is 15.2. The number of nitrogens with zero attached hydrogens (tertiary/aromatic N) is 5. The second-order valence-electron chi connectivity index (χ2n) is 15.8. The normalized spacial score (nSPS) is 11.6. The lowest BCUT2D eigenvalue weighted by Gasteiger charge is -2.15. The summed E-state index contributed by atoms with van der Waals surface area (Å²) in [4.78, 5) is 15.5. The van der Waals surface area contributed by atoms with Gasteiger partial charge >= 0.3 is 0 Å². The van der Waals surface area contributed by atoms with Gasteiger partial charge in [0.25, 0.3) is 0 Å². The summed E-state index contributed by atoms with van der Waals surface area (Å²) < 4.78 is 3.75. The molecule has 0 aliphatic heterocycles. The van der Waals surface area contributed by atoms with Gasteiger partial charge in [0.2, 0.25) is 5.95 Å². The largest absolute Gasteiger partial charge is 0.310 e. The molecule has 0 N–H and O–H groups in total. The molecule has 0 amide bonds. The lowest BCUT2D eigenvalue weighted by molar-refractivity contribution is 0.956. The van der Waals surface area contributed by atoms with Crippen molar-refractivity contribution < 1.29 is 0 Å². The van der Waals surface area contributed by atoms with Gasteiger partial charge in [-0.3, -0.25) is 4.57 Å². The molecule has 64 heavy (non-hydrogen) atoms. The molecule has 0 aliphatic rings. The number of fused-ring (bicyclic) bond motifs is 6. The fourth-order valence-electron chi connectivity index (χ4n) is 9.07. The van der Waals surface area contributed by atoms with Crippen LogP contribution in [0.5, 0.6) is 0 Å². The Morgan fingerprint density at radius 1 is 0.297 bits per heavy atom. The number of rotatable bonds is 6. The number of hydrogen-bond donors (Lipinski definition) is 0. The molecule has 11 rings (SSSR count). The molecule has 8 aromatic carbocycles. The molecule has 11 aromatic rings. The van der Waals surface area contributed by atoms with Crippen LogP contribution >= 0.6 is 0 Å². The van der Waals surface area contributed by atoms with Crippen LogP contribution in [-0.2, 0) is 0 Å². The van der Waals surface area contributed by atoms with Gasteiger partial charge in [-0.05, 0) is 51.2 Å². The molecule has 278 valence electrons. The van der Waals surface area contributed by atoms with E-state index in [1.807, 2.05) is 108 Å². The standard InChI is InChI=1S/C51H25B8N5/c52-33-24-35(54)45-37(41(33)56)39-44(59)48-40(43(58)47(39)63(45)32-17-8-3-9-18-32)38-42(57)34(53)25-36(55)46(38)64(48)51-61-49(29-21-19-28(20-22-29)26-11-4-1-5-12-26)60-50(62-51)31-16-10-15-30(23-31)27-13-6-2-7-14-27/h1-25H. The molecule has 0 fully saturated rings. The molecule has 3 aromatic heterocycles. The van der Waals surface area contributed by atoms with E-state index in [-0.39, 0.29) is 22.3 Å². The van der Waals surface area contributed by atoms with Crippen LogP contribution in [-0.4, -0.2) is 86.9 Å². The maximum atomic E-state index is 7.53. The van der Waals surface area contributed by atoms with Crippen molar-refractivity contribution in [2.45, 2.75) is 0 Å². The van der Waals surface area contributed by atoms with Crippen molar-refractivity contribution in [3.05, 3.63) is 152 Å². The van der Waals surface area contributed by atoms with Gasteiger partial charge in [-0.15, -0.1) is 10.9 Å². The van der Waals surface area contributed by atoms with Crippen LogP contribution in [0.15, 0.2) is 152 Å². The number of para-hydroxylation sites is 1. The van der Waals surface area contributed by atoms with E-state index in [1.54, 1.807) is 16.7 Å². The molecular weight excluding hydrogens is 769 g/mol. The average Bonchev–Trinajstić information content (AvgIpc) is 3.90. The third-order valence-electron chi connectivity index (χ3n) is 12.0. The second kappa shape index (κ2) is 15.3. The van der Waals surface area contributed by atoms with Crippen LogP contribution in [0.1, 0.15) is 0 Å². The summed E-state index contributed by atoms with van der Waals surface area (Å²) in [6, 6.07) is 49.4. The third-order valence-corrected chi connectivity index (χ3v) is 12.0. The first-order valence-electron chi connectivity index (χ1n) is 20.5. The van der Waals surface area contributed by atoms with Crippen LogP contribution in [0.4, 0.5) is 0 Å². The number of benzene rings is 8. The molecule has 13 heteroatoms. The van der Waals surface area contributed by atoms with Crippen molar-refractivity contribution >= 4 is 150 Å². The highest BCUT2D eigenvalue weighted by molar-refractivity contribution is 6.65. The van der Waals surface area contributed by atoms with Gasteiger partial charge in [0.05, 0.1) is 5.52 Å². The van der Waals surface area contributed by atoms with Crippen LogP contribution in [0, 0.1) is 0 Å². The molecular formula is C51H25B8N5. The highest BCUT2D eigenvalue weighted by Gasteiger charge is 2.28. The van der Waals surface area contributed by atoms with Crippen molar-refractivity contribution in [2.75, 3.05) is 0 Å². The zero-order chi connectivity index (χ0) is 44.0. The topological polar surface area (TPSA) is 48.5 Å². The van der Waals surface area contributed by atoms with Crippen molar-refractivity contribution in [1.29, 1.82) is 0 Å². The van der Waals surface area contributed by atoms with Crippen LogP contribution in [0.2, 0.25) is 0 Å². The average molecular weight is 794 g/mol. The zero-order valence-electron chi connectivity index (χ0n) is 34.3. The summed E-state index contributed by atoms with van der Waals surface area (Å²) in [5.74, 6) is 1.01. The predicted octanol–water partition coefficient (Wildman–Crippen LogP) is 3.08. The minimum absolute atomic E-state index is 0.206. The maximum absolute atomic E-state index is 7.53. The molecule has 0 saturated carbocycles. The Morgan fingerprint density at radius 3 is 1.27 bits per heavy atom. The molecule has 0 spiro atoms. The van der Waals surface area contributed by atoms with Gasteiger partial charge in [-0.1, -0.05) is 166 Å². The maximum Gasteiger partial charge on any atom is 0.238 e. The summed E-state index contributed by atoms with van der Waals surface area (Å²) in [6.45, 7) is 0. The third kappa shape index (κ3) is 6.16. The Hall–Kier alpha value is -7.11.